The van der Waals surface area contributed by atoms with Crippen LogP contribution in [0.15, 0.2) is 17.1 Å². The molecule has 0 bridgehead atoms. The number of ether oxygens (including phenoxy) is 3. The van der Waals surface area contributed by atoms with E-state index in [0.29, 0.717) is 23.8 Å². The minimum absolute atomic E-state index is 0. The summed E-state index contributed by atoms with van der Waals surface area (Å²) in [4.78, 5) is 6.99. The van der Waals surface area contributed by atoms with Gasteiger partial charge in [0, 0.05) is 38.8 Å². The third-order valence-electron chi connectivity index (χ3n) is 5.82. The summed E-state index contributed by atoms with van der Waals surface area (Å²) in [7, 11) is 6.65. The minimum atomic E-state index is 0. The van der Waals surface area contributed by atoms with E-state index in [1.165, 1.54) is 6.42 Å². The first kappa shape index (κ1) is 27.6. The topological polar surface area (TPSA) is 67.4 Å². The highest BCUT2D eigenvalue weighted by Gasteiger charge is 2.32. The number of halogens is 1. The Morgan fingerprint density at radius 2 is 1.58 bits per heavy atom. The summed E-state index contributed by atoms with van der Waals surface area (Å²) >= 11 is 0. The average molecular weight is 549 g/mol. The molecule has 1 aliphatic rings. The SMILES string of the molecule is CN=C(NCc1cc(OC)c(OC)c(OC)c1)NCC(C)(C)N1CC(C)CC(C)C1.I. The Labute approximate surface area is 205 Å². The van der Waals surface area contributed by atoms with Crippen LogP contribution in [0, 0.1) is 11.8 Å². The quantitative estimate of drug-likeness (QED) is 0.293. The number of piperidine rings is 1. The summed E-state index contributed by atoms with van der Waals surface area (Å²) in [5, 5.41) is 6.88. The molecule has 7 nitrogen and oxygen atoms in total. The van der Waals surface area contributed by atoms with Gasteiger partial charge >= 0.3 is 0 Å². The van der Waals surface area contributed by atoms with E-state index in [-0.39, 0.29) is 29.5 Å². The highest BCUT2D eigenvalue weighted by atomic mass is 127. The molecule has 0 spiro atoms. The van der Waals surface area contributed by atoms with E-state index in [9.17, 15) is 0 Å². The Kier molecular flexibility index (Phi) is 11.2. The molecule has 2 rings (SSSR count). The lowest BCUT2D eigenvalue weighted by Crippen LogP contribution is -2.57. The molecule has 2 atom stereocenters. The van der Waals surface area contributed by atoms with Crippen molar-refractivity contribution in [3.8, 4) is 17.2 Å². The smallest absolute Gasteiger partial charge is 0.203 e. The summed E-state index contributed by atoms with van der Waals surface area (Å²) in [5.41, 5.74) is 1.07. The number of nitrogens with zero attached hydrogens (tertiary/aromatic N) is 2. The van der Waals surface area contributed by atoms with Crippen molar-refractivity contribution in [3.05, 3.63) is 17.7 Å². The van der Waals surface area contributed by atoms with E-state index < -0.39 is 0 Å². The zero-order valence-electron chi connectivity index (χ0n) is 20.4. The monoisotopic (exact) mass is 548 g/mol. The molecule has 1 fully saturated rings. The Morgan fingerprint density at radius 3 is 2.03 bits per heavy atom. The summed E-state index contributed by atoms with van der Waals surface area (Å²) in [5.74, 6) is 4.14. The van der Waals surface area contributed by atoms with E-state index >= 15 is 0 Å². The number of aliphatic imine (C=N–C) groups is 1. The maximum atomic E-state index is 5.44. The van der Waals surface area contributed by atoms with Gasteiger partial charge in [0.15, 0.2) is 17.5 Å². The van der Waals surface area contributed by atoms with Gasteiger partial charge in [-0.15, -0.1) is 24.0 Å². The molecule has 178 valence electrons. The first-order valence-corrected chi connectivity index (χ1v) is 10.7. The molecule has 1 aromatic carbocycles. The number of benzene rings is 1. The van der Waals surface area contributed by atoms with Crippen LogP contribution in [0.5, 0.6) is 17.2 Å². The van der Waals surface area contributed by atoms with E-state index in [1.807, 2.05) is 12.1 Å². The van der Waals surface area contributed by atoms with Crippen molar-refractivity contribution < 1.29 is 14.2 Å². The first-order valence-electron chi connectivity index (χ1n) is 10.7. The first-order chi connectivity index (χ1) is 14.2. The fourth-order valence-corrected chi connectivity index (χ4v) is 4.21. The van der Waals surface area contributed by atoms with Crippen LogP contribution in [-0.2, 0) is 6.54 Å². The summed E-state index contributed by atoms with van der Waals surface area (Å²) in [6.45, 7) is 13.0. The van der Waals surface area contributed by atoms with Crippen molar-refractivity contribution >= 4 is 29.9 Å². The van der Waals surface area contributed by atoms with E-state index in [2.05, 4.69) is 48.2 Å². The van der Waals surface area contributed by atoms with Crippen LogP contribution in [0.3, 0.4) is 0 Å². The predicted octanol–water partition coefficient (Wildman–Crippen LogP) is 3.75. The fraction of sp³-hybridized carbons (Fsp3) is 0.696. The zero-order chi connectivity index (χ0) is 22.3. The van der Waals surface area contributed by atoms with Gasteiger partial charge in [0.25, 0.3) is 0 Å². The Hall–Kier alpha value is -1.42. The maximum absolute atomic E-state index is 5.44. The Balaban J connectivity index is 0.00000480. The van der Waals surface area contributed by atoms with Crippen molar-refractivity contribution in [2.75, 3.05) is 48.0 Å². The van der Waals surface area contributed by atoms with Gasteiger partial charge in [-0.2, -0.15) is 0 Å². The second kappa shape index (κ2) is 12.6. The van der Waals surface area contributed by atoms with E-state index in [0.717, 1.165) is 43.0 Å². The third kappa shape index (κ3) is 7.59. The van der Waals surface area contributed by atoms with Crippen molar-refractivity contribution in [1.29, 1.82) is 0 Å². The number of methoxy groups -OCH3 is 3. The number of guanidine groups is 1. The summed E-state index contributed by atoms with van der Waals surface area (Å²) < 4.78 is 16.3. The van der Waals surface area contributed by atoms with Gasteiger partial charge in [-0.05, 0) is 49.8 Å². The lowest BCUT2D eigenvalue weighted by molar-refractivity contribution is 0.0483. The lowest BCUT2D eigenvalue weighted by Gasteiger charge is -2.45. The van der Waals surface area contributed by atoms with Crippen molar-refractivity contribution in [1.82, 2.24) is 15.5 Å². The van der Waals surface area contributed by atoms with Gasteiger partial charge in [0.05, 0.1) is 21.3 Å². The minimum Gasteiger partial charge on any atom is -0.493 e. The van der Waals surface area contributed by atoms with E-state index in [1.54, 1.807) is 28.4 Å². The Morgan fingerprint density at radius 1 is 1.03 bits per heavy atom. The van der Waals surface area contributed by atoms with Crippen LogP contribution in [0.25, 0.3) is 0 Å². The molecule has 0 saturated carbocycles. The standard InChI is InChI=1S/C23H40N4O3.HI/c1-16-9-17(2)14-27(13-16)23(3,4)15-26-22(24-5)25-12-18-10-19(28-6)21(30-8)20(11-18)29-7;/h10-11,16-17H,9,12-15H2,1-8H3,(H2,24,25,26);1H. The molecular weight excluding hydrogens is 507 g/mol. The van der Waals surface area contributed by atoms with Crippen LogP contribution < -0.4 is 24.8 Å². The number of likely N-dealkylation sites (tertiary alicyclic amines) is 1. The molecule has 1 aliphatic heterocycles. The number of hydrogen-bond acceptors (Lipinski definition) is 5. The molecule has 1 saturated heterocycles. The molecule has 0 amide bonds. The number of hydrogen-bond donors (Lipinski definition) is 2. The van der Waals surface area contributed by atoms with Crippen LogP contribution in [0.1, 0.15) is 39.7 Å². The summed E-state index contributed by atoms with van der Waals surface area (Å²) in [6.07, 6.45) is 1.32. The van der Waals surface area contributed by atoms with Crippen molar-refractivity contribution in [2.24, 2.45) is 16.8 Å². The maximum Gasteiger partial charge on any atom is 0.203 e. The molecule has 2 N–H and O–H groups in total. The largest absolute Gasteiger partial charge is 0.493 e. The molecule has 1 aromatic rings. The van der Waals surface area contributed by atoms with Crippen LogP contribution >= 0.6 is 24.0 Å². The van der Waals surface area contributed by atoms with Gasteiger partial charge in [-0.1, -0.05) is 13.8 Å². The van der Waals surface area contributed by atoms with Gasteiger partial charge in [-0.25, -0.2) is 0 Å². The van der Waals surface area contributed by atoms with Crippen LogP contribution in [0.4, 0.5) is 0 Å². The van der Waals surface area contributed by atoms with Crippen molar-refractivity contribution in [3.63, 3.8) is 0 Å². The van der Waals surface area contributed by atoms with Gasteiger partial charge < -0.3 is 24.8 Å². The van der Waals surface area contributed by atoms with Gasteiger partial charge in [0.2, 0.25) is 5.75 Å². The molecule has 0 aromatic heterocycles. The van der Waals surface area contributed by atoms with E-state index in [4.69, 9.17) is 14.2 Å². The van der Waals surface area contributed by atoms with Crippen molar-refractivity contribution in [2.45, 2.75) is 46.2 Å². The highest BCUT2D eigenvalue weighted by molar-refractivity contribution is 14.0. The molecular formula is C23H41IN4O3. The molecule has 31 heavy (non-hydrogen) atoms. The van der Waals surface area contributed by atoms with Gasteiger partial charge in [0.1, 0.15) is 0 Å². The molecule has 0 radical (unpaired) electrons. The molecule has 8 heteroatoms. The molecule has 0 aliphatic carbocycles. The number of rotatable bonds is 8. The van der Waals surface area contributed by atoms with Crippen LogP contribution in [0.2, 0.25) is 0 Å². The third-order valence-corrected chi connectivity index (χ3v) is 5.82. The number of nitrogens with one attached hydrogen (secondary N) is 2. The second-order valence-electron chi connectivity index (χ2n) is 8.98. The summed E-state index contributed by atoms with van der Waals surface area (Å²) in [6, 6.07) is 3.89. The predicted molar refractivity (Wildman–Crippen MR) is 138 cm³/mol. The van der Waals surface area contributed by atoms with Crippen LogP contribution in [-0.4, -0.2) is 64.4 Å². The molecule has 2 unspecified atom stereocenters. The normalized spacial score (nSPS) is 19.9. The zero-order valence-corrected chi connectivity index (χ0v) is 22.7. The van der Waals surface area contributed by atoms with Gasteiger partial charge in [-0.3, -0.25) is 9.89 Å². The lowest BCUT2D eigenvalue weighted by atomic mass is 9.88. The second-order valence-corrected chi connectivity index (χ2v) is 8.98. The highest BCUT2D eigenvalue weighted by Crippen LogP contribution is 2.38. The molecule has 1 heterocycles. The Bertz CT molecular complexity index is 692. The average Bonchev–Trinajstić information content (AvgIpc) is 2.72. The fourth-order valence-electron chi connectivity index (χ4n) is 4.21.